The number of carbonyl (C=O) groups excluding carboxylic acids is 1. The molecule has 1 aliphatic rings. The standard InChI is InChI=1S/C8H16N2O2/c1-6(2)10-5-7(11)9(3)4-8(10)12/h6-7,11H,4-5H2,1-3H3. The molecular weight excluding hydrogens is 156 g/mol. The summed E-state index contributed by atoms with van der Waals surface area (Å²) < 4.78 is 0. The van der Waals surface area contributed by atoms with E-state index in [1.54, 1.807) is 16.8 Å². The second kappa shape index (κ2) is 3.41. The van der Waals surface area contributed by atoms with Gasteiger partial charge in [0.15, 0.2) is 0 Å². The van der Waals surface area contributed by atoms with E-state index < -0.39 is 6.23 Å². The van der Waals surface area contributed by atoms with Crippen LogP contribution in [0.15, 0.2) is 0 Å². The van der Waals surface area contributed by atoms with Gasteiger partial charge in [-0.2, -0.15) is 0 Å². The third-order valence-electron chi connectivity index (χ3n) is 2.20. The highest BCUT2D eigenvalue weighted by Gasteiger charge is 2.29. The molecule has 12 heavy (non-hydrogen) atoms. The number of aliphatic hydroxyl groups is 1. The van der Waals surface area contributed by atoms with E-state index in [1.165, 1.54) is 0 Å². The van der Waals surface area contributed by atoms with Crippen molar-refractivity contribution in [3.05, 3.63) is 0 Å². The van der Waals surface area contributed by atoms with Crippen molar-refractivity contribution in [3.8, 4) is 0 Å². The monoisotopic (exact) mass is 172 g/mol. The van der Waals surface area contributed by atoms with Crippen LogP contribution in [-0.2, 0) is 4.79 Å². The van der Waals surface area contributed by atoms with Gasteiger partial charge in [-0.15, -0.1) is 0 Å². The summed E-state index contributed by atoms with van der Waals surface area (Å²) in [5, 5.41) is 9.45. The Morgan fingerprint density at radius 2 is 2.17 bits per heavy atom. The molecule has 4 nitrogen and oxygen atoms in total. The maximum atomic E-state index is 11.4. The van der Waals surface area contributed by atoms with Crippen LogP contribution in [0, 0.1) is 0 Å². The molecule has 1 heterocycles. The van der Waals surface area contributed by atoms with Crippen molar-refractivity contribution in [3.63, 3.8) is 0 Å². The Bertz CT molecular complexity index is 182. The summed E-state index contributed by atoms with van der Waals surface area (Å²) in [5.41, 5.74) is 0. The molecular formula is C8H16N2O2. The van der Waals surface area contributed by atoms with Crippen LogP contribution in [0.25, 0.3) is 0 Å². The van der Waals surface area contributed by atoms with Crippen molar-refractivity contribution < 1.29 is 9.90 Å². The fourth-order valence-electron chi connectivity index (χ4n) is 1.33. The smallest absolute Gasteiger partial charge is 0.237 e. The summed E-state index contributed by atoms with van der Waals surface area (Å²) in [6.07, 6.45) is -0.509. The number of nitrogens with zero attached hydrogens (tertiary/aromatic N) is 2. The fraction of sp³-hybridized carbons (Fsp3) is 0.875. The lowest BCUT2D eigenvalue weighted by atomic mass is 10.2. The summed E-state index contributed by atoms with van der Waals surface area (Å²) in [6, 6.07) is 0.181. The third kappa shape index (κ3) is 1.76. The number of piperazine rings is 1. The van der Waals surface area contributed by atoms with Crippen molar-refractivity contribution in [1.29, 1.82) is 0 Å². The lowest BCUT2D eigenvalue weighted by Gasteiger charge is -2.38. The van der Waals surface area contributed by atoms with Gasteiger partial charge in [-0.05, 0) is 20.9 Å². The van der Waals surface area contributed by atoms with Crippen molar-refractivity contribution in [1.82, 2.24) is 9.80 Å². The molecule has 1 rings (SSSR count). The zero-order valence-electron chi connectivity index (χ0n) is 7.82. The average molecular weight is 172 g/mol. The Balaban J connectivity index is 2.62. The molecule has 0 saturated carbocycles. The highest BCUT2D eigenvalue weighted by molar-refractivity contribution is 5.79. The molecule has 0 bridgehead atoms. The molecule has 1 aliphatic heterocycles. The molecule has 0 spiro atoms. The second-order valence-corrected chi connectivity index (χ2v) is 3.54. The van der Waals surface area contributed by atoms with Crippen LogP contribution >= 0.6 is 0 Å². The lowest BCUT2D eigenvalue weighted by Crippen LogP contribution is -2.56. The van der Waals surface area contributed by atoms with Crippen LogP contribution in [0.4, 0.5) is 0 Å². The quantitative estimate of drug-likeness (QED) is 0.579. The molecule has 1 fully saturated rings. The van der Waals surface area contributed by atoms with Crippen LogP contribution in [0.5, 0.6) is 0 Å². The predicted molar refractivity (Wildman–Crippen MR) is 45.5 cm³/mol. The van der Waals surface area contributed by atoms with Crippen molar-refractivity contribution in [2.45, 2.75) is 26.1 Å². The minimum atomic E-state index is -0.509. The van der Waals surface area contributed by atoms with Crippen LogP contribution in [0.2, 0.25) is 0 Å². The van der Waals surface area contributed by atoms with Gasteiger partial charge in [-0.3, -0.25) is 9.69 Å². The summed E-state index contributed by atoms with van der Waals surface area (Å²) >= 11 is 0. The summed E-state index contributed by atoms with van der Waals surface area (Å²) in [6.45, 7) is 4.65. The Labute approximate surface area is 72.8 Å². The van der Waals surface area contributed by atoms with Gasteiger partial charge in [0.1, 0.15) is 6.23 Å². The first-order valence-electron chi connectivity index (χ1n) is 4.20. The van der Waals surface area contributed by atoms with Crippen LogP contribution < -0.4 is 0 Å². The minimum Gasteiger partial charge on any atom is -0.376 e. The molecule has 1 atom stereocenters. The van der Waals surface area contributed by atoms with Gasteiger partial charge in [0.2, 0.25) is 5.91 Å². The number of likely N-dealkylation sites (N-methyl/N-ethyl adjacent to an activating group) is 1. The zero-order chi connectivity index (χ0) is 9.30. The normalized spacial score (nSPS) is 26.9. The largest absolute Gasteiger partial charge is 0.376 e. The third-order valence-corrected chi connectivity index (χ3v) is 2.20. The first kappa shape index (κ1) is 9.48. The summed E-state index contributed by atoms with van der Waals surface area (Å²) in [4.78, 5) is 14.7. The minimum absolute atomic E-state index is 0.0952. The molecule has 1 unspecified atom stereocenters. The molecule has 0 aromatic carbocycles. The fourth-order valence-corrected chi connectivity index (χ4v) is 1.33. The molecule has 1 saturated heterocycles. The van der Waals surface area contributed by atoms with E-state index in [9.17, 15) is 9.90 Å². The Morgan fingerprint density at radius 1 is 1.58 bits per heavy atom. The lowest BCUT2D eigenvalue weighted by molar-refractivity contribution is -0.148. The van der Waals surface area contributed by atoms with Crippen LogP contribution in [-0.4, -0.2) is 53.2 Å². The average Bonchev–Trinajstić information content (AvgIpc) is 1.96. The molecule has 1 N–H and O–H groups in total. The number of amides is 1. The predicted octanol–water partition coefficient (Wildman–Crippen LogP) is -0.513. The van der Waals surface area contributed by atoms with E-state index in [2.05, 4.69) is 0 Å². The molecule has 0 aliphatic carbocycles. The van der Waals surface area contributed by atoms with Crippen molar-refractivity contribution in [2.75, 3.05) is 20.1 Å². The van der Waals surface area contributed by atoms with Crippen molar-refractivity contribution in [2.24, 2.45) is 0 Å². The highest BCUT2D eigenvalue weighted by atomic mass is 16.3. The molecule has 1 amide bonds. The van der Waals surface area contributed by atoms with Crippen molar-refractivity contribution >= 4 is 5.91 Å². The number of β-amino-alcohol motifs (C(OH)–C–C–N with tert-alkyl or cyclic N) is 1. The van der Waals surface area contributed by atoms with Gasteiger partial charge in [-0.1, -0.05) is 0 Å². The van der Waals surface area contributed by atoms with Crippen LogP contribution in [0.1, 0.15) is 13.8 Å². The number of aliphatic hydroxyl groups excluding tert-OH is 1. The van der Waals surface area contributed by atoms with Gasteiger partial charge >= 0.3 is 0 Å². The zero-order valence-corrected chi connectivity index (χ0v) is 7.82. The van der Waals surface area contributed by atoms with Gasteiger partial charge < -0.3 is 10.0 Å². The van der Waals surface area contributed by atoms with Crippen LogP contribution in [0.3, 0.4) is 0 Å². The molecule has 0 aromatic heterocycles. The molecule has 70 valence electrons. The number of hydrogen-bond donors (Lipinski definition) is 1. The van der Waals surface area contributed by atoms with Gasteiger partial charge in [0, 0.05) is 6.04 Å². The number of rotatable bonds is 1. The van der Waals surface area contributed by atoms with Gasteiger partial charge in [0.25, 0.3) is 0 Å². The molecule has 0 radical (unpaired) electrons. The van der Waals surface area contributed by atoms with Gasteiger partial charge in [0.05, 0.1) is 13.1 Å². The van der Waals surface area contributed by atoms with E-state index in [1.807, 2.05) is 13.8 Å². The number of hydrogen-bond acceptors (Lipinski definition) is 3. The van der Waals surface area contributed by atoms with E-state index in [-0.39, 0.29) is 11.9 Å². The topological polar surface area (TPSA) is 43.8 Å². The first-order valence-corrected chi connectivity index (χ1v) is 4.20. The maximum Gasteiger partial charge on any atom is 0.237 e. The Kier molecular flexibility index (Phi) is 2.69. The molecule has 4 heteroatoms. The second-order valence-electron chi connectivity index (χ2n) is 3.54. The maximum absolute atomic E-state index is 11.4. The van der Waals surface area contributed by atoms with E-state index in [0.29, 0.717) is 13.1 Å². The Hall–Kier alpha value is -0.610. The first-order chi connectivity index (χ1) is 5.52. The molecule has 0 aromatic rings. The van der Waals surface area contributed by atoms with E-state index in [4.69, 9.17) is 0 Å². The highest BCUT2D eigenvalue weighted by Crippen LogP contribution is 2.09. The Morgan fingerprint density at radius 3 is 2.67 bits per heavy atom. The summed E-state index contributed by atoms with van der Waals surface area (Å²) in [7, 11) is 1.75. The SMILES string of the molecule is CC(C)N1CC(O)N(C)CC1=O. The van der Waals surface area contributed by atoms with E-state index >= 15 is 0 Å². The number of carbonyl (C=O) groups is 1. The summed E-state index contributed by atoms with van der Waals surface area (Å²) in [5.74, 6) is 0.0952. The van der Waals surface area contributed by atoms with E-state index in [0.717, 1.165) is 0 Å². The van der Waals surface area contributed by atoms with Gasteiger partial charge in [-0.25, -0.2) is 0 Å².